The highest BCUT2D eigenvalue weighted by Crippen LogP contribution is 2.18. The predicted octanol–water partition coefficient (Wildman–Crippen LogP) is 2.06. The van der Waals surface area contributed by atoms with Crippen molar-refractivity contribution >= 4 is 11.8 Å². The maximum absolute atomic E-state index is 11.5. The van der Waals surface area contributed by atoms with Crippen molar-refractivity contribution in [2.45, 2.75) is 6.42 Å². The van der Waals surface area contributed by atoms with E-state index < -0.39 is 11.1 Å². The molecule has 7 heteroatoms. The van der Waals surface area contributed by atoms with Gasteiger partial charge in [0.15, 0.2) is 0 Å². The van der Waals surface area contributed by atoms with Gasteiger partial charge in [-0.1, -0.05) is 0 Å². The lowest BCUT2D eigenvalue weighted by molar-refractivity contribution is -0.384. The lowest BCUT2D eigenvalue weighted by Gasteiger charge is -2.11. The van der Waals surface area contributed by atoms with E-state index in [1.807, 2.05) is 7.05 Å². The zero-order valence-corrected chi connectivity index (χ0v) is 11.2. The number of nitro groups is 1. The Labute approximate surface area is 116 Å². The number of benzene rings is 1. The molecule has 1 aromatic carbocycles. The number of hydrogen-bond acceptors (Lipinski definition) is 6. The molecule has 1 aliphatic rings. The molecule has 0 bridgehead atoms. The molecule has 1 heterocycles. The van der Waals surface area contributed by atoms with Crippen molar-refractivity contribution in [3.05, 3.63) is 34.4 Å². The number of non-ortho nitro benzene ring substituents is 1. The van der Waals surface area contributed by atoms with Crippen molar-refractivity contribution in [2.24, 2.45) is 5.92 Å². The van der Waals surface area contributed by atoms with Crippen LogP contribution in [0.25, 0.3) is 0 Å². The second kappa shape index (κ2) is 6.33. The van der Waals surface area contributed by atoms with Crippen LogP contribution in [0.4, 0.5) is 10.5 Å². The minimum absolute atomic E-state index is 0.0558. The number of carbonyl (C=O) groups is 1. The summed E-state index contributed by atoms with van der Waals surface area (Å²) in [4.78, 5) is 23.6. The number of hydrogen-bond donors (Lipinski definition) is 0. The van der Waals surface area contributed by atoms with Crippen LogP contribution in [0.15, 0.2) is 24.3 Å². The molecule has 1 unspecified atom stereocenters. The fourth-order valence-electron chi connectivity index (χ4n) is 2.11. The molecule has 0 amide bonds. The average molecular weight is 280 g/mol. The Morgan fingerprint density at radius 3 is 2.70 bits per heavy atom. The van der Waals surface area contributed by atoms with Gasteiger partial charge >= 0.3 is 6.16 Å². The van der Waals surface area contributed by atoms with E-state index in [9.17, 15) is 14.9 Å². The topological polar surface area (TPSA) is 81.9 Å². The van der Waals surface area contributed by atoms with Gasteiger partial charge < -0.3 is 14.4 Å². The zero-order chi connectivity index (χ0) is 14.5. The van der Waals surface area contributed by atoms with Gasteiger partial charge in [0.05, 0.1) is 11.5 Å². The summed E-state index contributed by atoms with van der Waals surface area (Å²) in [5.74, 6) is 0.563. The molecule has 7 nitrogen and oxygen atoms in total. The third kappa shape index (κ3) is 3.92. The second-order valence-electron chi connectivity index (χ2n) is 4.83. The van der Waals surface area contributed by atoms with E-state index in [-0.39, 0.29) is 11.4 Å². The van der Waals surface area contributed by atoms with Gasteiger partial charge in [-0.2, -0.15) is 0 Å². The predicted molar refractivity (Wildman–Crippen MR) is 70.7 cm³/mol. The third-order valence-electron chi connectivity index (χ3n) is 3.17. The van der Waals surface area contributed by atoms with Crippen LogP contribution in [0.1, 0.15) is 6.42 Å². The first-order chi connectivity index (χ1) is 9.54. The molecule has 2 rings (SSSR count). The van der Waals surface area contributed by atoms with Crippen LogP contribution in [-0.2, 0) is 4.74 Å². The van der Waals surface area contributed by atoms with Crippen molar-refractivity contribution in [3.63, 3.8) is 0 Å². The van der Waals surface area contributed by atoms with E-state index >= 15 is 0 Å². The van der Waals surface area contributed by atoms with Crippen LogP contribution in [0.5, 0.6) is 5.75 Å². The molecule has 1 saturated heterocycles. The first-order valence-electron chi connectivity index (χ1n) is 6.32. The molecule has 1 aromatic rings. The monoisotopic (exact) mass is 280 g/mol. The fraction of sp³-hybridized carbons (Fsp3) is 0.462. The Morgan fingerprint density at radius 2 is 2.15 bits per heavy atom. The molecule has 0 radical (unpaired) electrons. The summed E-state index contributed by atoms with van der Waals surface area (Å²) in [6.45, 7) is 2.24. The van der Waals surface area contributed by atoms with E-state index in [0.29, 0.717) is 12.5 Å². The second-order valence-corrected chi connectivity index (χ2v) is 4.83. The highest BCUT2D eigenvalue weighted by molar-refractivity contribution is 5.64. The van der Waals surface area contributed by atoms with Crippen LogP contribution in [0.2, 0.25) is 0 Å². The van der Waals surface area contributed by atoms with Gasteiger partial charge in [-0.05, 0) is 32.1 Å². The van der Waals surface area contributed by atoms with Crippen LogP contribution < -0.4 is 4.74 Å². The Balaban J connectivity index is 1.77. The average Bonchev–Trinajstić information content (AvgIpc) is 2.83. The summed E-state index contributed by atoms with van der Waals surface area (Å²) in [6.07, 6.45) is 0.217. The van der Waals surface area contributed by atoms with Crippen LogP contribution in [-0.4, -0.2) is 42.7 Å². The molecule has 108 valence electrons. The number of nitrogens with zero attached hydrogens (tertiary/aromatic N) is 2. The maximum Gasteiger partial charge on any atom is 0.513 e. The van der Waals surface area contributed by atoms with Crippen molar-refractivity contribution in [1.82, 2.24) is 4.90 Å². The van der Waals surface area contributed by atoms with Crippen molar-refractivity contribution in [2.75, 3.05) is 26.7 Å². The van der Waals surface area contributed by atoms with Crippen LogP contribution in [0, 0.1) is 16.0 Å². The summed E-state index contributed by atoms with van der Waals surface area (Å²) in [5, 5.41) is 10.5. The Hall–Kier alpha value is -2.15. The fourth-order valence-corrected chi connectivity index (χ4v) is 2.11. The number of rotatable bonds is 4. The summed E-state index contributed by atoms with van der Waals surface area (Å²) >= 11 is 0. The SMILES string of the molecule is CN1CCC(COC(=O)Oc2ccc([N+](=O)[O-])cc2)C1. The largest absolute Gasteiger partial charge is 0.513 e. The molecule has 1 fully saturated rings. The number of likely N-dealkylation sites (tertiary alicyclic amines) is 1. The van der Waals surface area contributed by atoms with Gasteiger partial charge in [0.25, 0.3) is 5.69 Å². The summed E-state index contributed by atoms with van der Waals surface area (Å²) < 4.78 is 9.97. The highest BCUT2D eigenvalue weighted by atomic mass is 16.7. The van der Waals surface area contributed by atoms with Crippen molar-refractivity contribution in [1.29, 1.82) is 0 Å². The molecule has 0 saturated carbocycles. The van der Waals surface area contributed by atoms with Crippen LogP contribution >= 0.6 is 0 Å². The van der Waals surface area contributed by atoms with Crippen molar-refractivity contribution < 1.29 is 19.2 Å². The lowest BCUT2D eigenvalue weighted by Crippen LogP contribution is -2.20. The van der Waals surface area contributed by atoms with Crippen molar-refractivity contribution in [3.8, 4) is 5.75 Å². The first kappa shape index (κ1) is 14.3. The molecular weight excluding hydrogens is 264 g/mol. The highest BCUT2D eigenvalue weighted by Gasteiger charge is 2.21. The standard InChI is InChI=1S/C13H16N2O5/c1-14-7-6-10(8-14)9-19-13(16)20-12-4-2-11(3-5-12)15(17)18/h2-5,10H,6-9H2,1H3. The molecule has 20 heavy (non-hydrogen) atoms. The Kier molecular flexibility index (Phi) is 4.52. The van der Waals surface area contributed by atoms with Gasteiger partial charge in [-0.15, -0.1) is 0 Å². The molecular formula is C13H16N2O5. The summed E-state index contributed by atoms with van der Waals surface area (Å²) in [5.41, 5.74) is -0.0558. The molecule has 0 spiro atoms. The molecule has 1 atom stereocenters. The number of carbonyl (C=O) groups excluding carboxylic acids is 1. The van der Waals surface area contributed by atoms with E-state index in [1.165, 1.54) is 24.3 Å². The normalized spacial score (nSPS) is 18.8. The van der Waals surface area contributed by atoms with Gasteiger partial charge in [0, 0.05) is 24.6 Å². The maximum atomic E-state index is 11.5. The summed E-state index contributed by atoms with van der Waals surface area (Å²) in [6, 6.07) is 5.27. The first-order valence-corrected chi connectivity index (χ1v) is 6.32. The van der Waals surface area contributed by atoms with Gasteiger partial charge in [-0.3, -0.25) is 10.1 Å². The zero-order valence-electron chi connectivity index (χ0n) is 11.2. The van der Waals surface area contributed by atoms with Gasteiger partial charge in [0.1, 0.15) is 5.75 Å². The summed E-state index contributed by atoms with van der Waals surface area (Å²) in [7, 11) is 2.02. The van der Waals surface area contributed by atoms with Gasteiger partial charge in [-0.25, -0.2) is 4.79 Å². The minimum atomic E-state index is -0.784. The molecule has 1 aliphatic heterocycles. The molecule has 0 N–H and O–H groups in total. The number of nitro benzene ring substituents is 1. The van der Waals surface area contributed by atoms with Gasteiger partial charge in [0.2, 0.25) is 0 Å². The van der Waals surface area contributed by atoms with E-state index in [1.54, 1.807) is 0 Å². The molecule has 0 aliphatic carbocycles. The number of ether oxygens (including phenoxy) is 2. The minimum Gasteiger partial charge on any atom is -0.434 e. The third-order valence-corrected chi connectivity index (χ3v) is 3.17. The Morgan fingerprint density at radius 1 is 1.45 bits per heavy atom. The smallest absolute Gasteiger partial charge is 0.434 e. The molecule has 0 aromatic heterocycles. The van der Waals surface area contributed by atoms with Crippen LogP contribution in [0.3, 0.4) is 0 Å². The van der Waals surface area contributed by atoms with E-state index in [4.69, 9.17) is 9.47 Å². The van der Waals surface area contributed by atoms with E-state index in [2.05, 4.69) is 4.90 Å². The quantitative estimate of drug-likeness (QED) is 0.363. The Bertz CT molecular complexity index is 488. The lowest BCUT2D eigenvalue weighted by atomic mass is 10.1. The van der Waals surface area contributed by atoms with E-state index in [0.717, 1.165) is 19.5 Å².